The molecule has 0 saturated carbocycles. The quantitative estimate of drug-likeness (QED) is 0.477. The Bertz CT molecular complexity index is 165. The number of methoxy groups -OCH3 is 2. The highest BCUT2D eigenvalue weighted by Gasteiger charge is 2.18. The third-order valence-electron chi connectivity index (χ3n) is 2.03. The third kappa shape index (κ3) is 6.63. The molecular formula is C11H22O5. The molecule has 0 fully saturated rings. The normalized spacial score (nSPS) is 14.2. The molecule has 0 heterocycles. The van der Waals surface area contributed by atoms with E-state index in [0.717, 1.165) is 12.8 Å². The Kier molecular flexibility index (Phi) is 8.94. The fraction of sp³-hybridized carbons (Fsp3) is 0.909. The molecule has 0 aliphatic carbocycles. The van der Waals surface area contributed by atoms with Crippen molar-refractivity contribution >= 4 is 6.16 Å². The summed E-state index contributed by atoms with van der Waals surface area (Å²) in [5.74, 6) is 0. The highest BCUT2D eigenvalue weighted by atomic mass is 16.8. The fourth-order valence-corrected chi connectivity index (χ4v) is 1.16. The average molecular weight is 234 g/mol. The SMILES string of the molecule is CCCC(OC)OC(=O)OC(CCC)OC. The molecule has 96 valence electrons. The van der Waals surface area contributed by atoms with E-state index < -0.39 is 18.7 Å². The Morgan fingerprint density at radius 1 is 0.938 bits per heavy atom. The standard InChI is InChI=1S/C11H22O5/c1-5-7-9(13-3)15-11(12)16-10(14-4)8-6-2/h9-10H,5-8H2,1-4H3. The molecule has 0 aromatic heterocycles. The summed E-state index contributed by atoms with van der Waals surface area (Å²) in [5, 5.41) is 0. The number of carbonyl (C=O) groups is 1. The van der Waals surface area contributed by atoms with Gasteiger partial charge in [-0.15, -0.1) is 0 Å². The fourth-order valence-electron chi connectivity index (χ4n) is 1.16. The van der Waals surface area contributed by atoms with Crippen LogP contribution in [0.2, 0.25) is 0 Å². The predicted octanol–water partition coefficient (Wildman–Crippen LogP) is 2.68. The molecule has 0 amide bonds. The van der Waals surface area contributed by atoms with Crippen LogP contribution in [0, 0.1) is 0 Å². The van der Waals surface area contributed by atoms with Gasteiger partial charge in [0.05, 0.1) is 0 Å². The van der Waals surface area contributed by atoms with Crippen LogP contribution in [0.5, 0.6) is 0 Å². The first-order chi connectivity index (χ1) is 7.67. The zero-order valence-corrected chi connectivity index (χ0v) is 10.5. The molecule has 0 N–H and O–H groups in total. The highest BCUT2D eigenvalue weighted by molar-refractivity contribution is 5.60. The van der Waals surface area contributed by atoms with E-state index in [1.165, 1.54) is 14.2 Å². The van der Waals surface area contributed by atoms with Gasteiger partial charge in [0.2, 0.25) is 12.6 Å². The summed E-state index contributed by atoms with van der Waals surface area (Å²) in [5.41, 5.74) is 0. The van der Waals surface area contributed by atoms with E-state index >= 15 is 0 Å². The highest BCUT2D eigenvalue weighted by Crippen LogP contribution is 2.08. The first-order valence-corrected chi connectivity index (χ1v) is 5.60. The zero-order chi connectivity index (χ0) is 12.4. The largest absolute Gasteiger partial charge is 0.512 e. The number of rotatable bonds is 8. The molecule has 0 aliphatic heterocycles. The summed E-state index contributed by atoms with van der Waals surface area (Å²) in [6.07, 6.45) is 1.20. The first-order valence-electron chi connectivity index (χ1n) is 5.60. The smallest absolute Gasteiger partial charge is 0.404 e. The number of hydrogen-bond acceptors (Lipinski definition) is 5. The van der Waals surface area contributed by atoms with E-state index in [-0.39, 0.29) is 0 Å². The molecule has 0 aliphatic rings. The van der Waals surface area contributed by atoms with E-state index in [2.05, 4.69) is 0 Å². The summed E-state index contributed by atoms with van der Waals surface area (Å²) in [6.45, 7) is 3.96. The van der Waals surface area contributed by atoms with Gasteiger partial charge in [0, 0.05) is 27.1 Å². The summed E-state index contributed by atoms with van der Waals surface area (Å²) < 4.78 is 19.9. The maximum atomic E-state index is 11.3. The lowest BCUT2D eigenvalue weighted by Gasteiger charge is -2.18. The molecule has 0 rings (SSSR count). The number of ether oxygens (including phenoxy) is 4. The Morgan fingerprint density at radius 2 is 1.31 bits per heavy atom. The summed E-state index contributed by atoms with van der Waals surface area (Å²) in [6, 6.07) is 0. The molecule has 0 radical (unpaired) electrons. The van der Waals surface area contributed by atoms with E-state index in [0.29, 0.717) is 12.8 Å². The van der Waals surface area contributed by atoms with Crippen molar-refractivity contribution < 1.29 is 23.7 Å². The van der Waals surface area contributed by atoms with Gasteiger partial charge < -0.3 is 18.9 Å². The van der Waals surface area contributed by atoms with Crippen LogP contribution in [0.4, 0.5) is 4.79 Å². The van der Waals surface area contributed by atoms with E-state index in [4.69, 9.17) is 18.9 Å². The lowest BCUT2D eigenvalue weighted by molar-refractivity contribution is -0.149. The monoisotopic (exact) mass is 234 g/mol. The Morgan fingerprint density at radius 3 is 1.56 bits per heavy atom. The Balaban J connectivity index is 3.93. The molecule has 0 aromatic carbocycles. The van der Waals surface area contributed by atoms with Crippen LogP contribution in [0.25, 0.3) is 0 Å². The maximum absolute atomic E-state index is 11.3. The van der Waals surface area contributed by atoms with Crippen LogP contribution in [0.3, 0.4) is 0 Å². The van der Waals surface area contributed by atoms with Crippen LogP contribution in [-0.2, 0) is 18.9 Å². The van der Waals surface area contributed by atoms with Gasteiger partial charge in [0.1, 0.15) is 0 Å². The zero-order valence-electron chi connectivity index (χ0n) is 10.5. The van der Waals surface area contributed by atoms with Gasteiger partial charge in [0.15, 0.2) is 0 Å². The van der Waals surface area contributed by atoms with E-state index in [9.17, 15) is 4.79 Å². The van der Waals surface area contributed by atoms with Crippen molar-refractivity contribution in [1.82, 2.24) is 0 Å². The predicted molar refractivity (Wildman–Crippen MR) is 59.0 cm³/mol. The molecule has 2 atom stereocenters. The Labute approximate surface area is 97.0 Å². The van der Waals surface area contributed by atoms with Crippen LogP contribution in [0.15, 0.2) is 0 Å². The van der Waals surface area contributed by atoms with Crippen LogP contribution < -0.4 is 0 Å². The van der Waals surface area contributed by atoms with Crippen molar-refractivity contribution in [3.8, 4) is 0 Å². The van der Waals surface area contributed by atoms with Crippen LogP contribution >= 0.6 is 0 Å². The minimum Gasteiger partial charge on any atom is -0.404 e. The van der Waals surface area contributed by atoms with Gasteiger partial charge in [0.25, 0.3) is 0 Å². The lowest BCUT2D eigenvalue weighted by Crippen LogP contribution is -2.25. The molecule has 0 saturated heterocycles. The van der Waals surface area contributed by atoms with Gasteiger partial charge >= 0.3 is 6.16 Å². The van der Waals surface area contributed by atoms with Gasteiger partial charge in [-0.1, -0.05) is 26.7 Å². The van der Waals surface area contributed by atoms with Crippen molar-refractivity contribution in [2.45, 2.75) is 52.1 Å². The van der Waals surface area contributed by atoms with Crippen molar-refractivity contribution in [3.05, 3.63) is 0 Å². The van der Waals surface area contributed by atoms with Gasteiger partial charge in [-0.05, 0) is 0 Å². The lowest BCUT2D eigenvalue weighted by atomic mass is 10.3. The maximum Gasteiger partial charge on any atom is 0.512 e. The molecule has 0 aromatic rings. The molecule has 5 nitrogen and oxygen atoms in total. The minimum atomic E-state index is -0.749. The molecule has 2 unspecified atom stereocenters. The molecule has 0 spiro atoms. The molecule has 0 bridgehead atoms. The summed E-state index contributed by atoms with van der Waals surface area (Å²) >= 11 is 0. The number of hydrogen-bond donors (Lipinski definition) is 0. The van der Waals surface area contributed by atoms with E-state index in [1.54, 1.807) is 0 Å². The van der Waals surface area contributed by atoms with Crippen molar-refractivity contribution in [3.63, 3.8) is 0 Å². The van der Waals surface area contributed by atoms with Crippen molar-refractivity contribution in [2.24, 2.45) is 0 Å². The first kappa shape index (κ1) is 15.2. The van der Waals surface area contributed by atoms with Crippen molar-refractivity contribution in [1.29, 1.82) is 0 Å². The topological polar surface area (TPSA) is 54.0 Å². The second-order valence-electron chi connectivity index (χ2n) is 3.39. The number of carbonyl (C=O) groups excluding carboxylic acids is 1. The van der Waals surface area contributed by atoms with Crippen LogP contribution in [-0.4, -0.2) is 33.0 Å². The average Bonchev–Trinajstić information content (AvgIpc) is 2.27. The van der Waals surface area contributed by atoms with Crippen molar-refractivity contribution in [2.75, 3.05) is 14.2 Å². The van der Waals surface area contributed by atoms with Gasteiger partial charge in [-0.2, -0.15) is 0 Å². The Hall–Kier alpha value is -0.810. The van der Waals surface area contributed by atoms with E-state index in [1.807, 2.05) is 13.8 Å². The molecule has 16 heavy (non-hydrogen) atoms. The van der Waals surface area contributed by atoms with Crippen LogP contribution in [0.1, 0.15) is 39.5 Å². The molecule has 5 heteroatoms. The second-order valence-corrected chi connectivity index (χ2v) is 3.39. The third-order valence-corrected chi connectivity index (χ3v) is 2.03. The summed E-state index contributed by atoms with van der Waals surface area (Å²) in [4.78, 5) is 11.3. The van der Waals surface area contributed by atoms with Gasteiger partial charge in [-0.3, -0.25) is 0 Å². The summed E-state index contributed by atoms with van der Waals surface area (Å²) in [7, 11) is 2.99. The second kappa shape index (κ2) is 9.42. The van der Waals surface area contributed by atoms with Gasteiger partial charge in [-0.25, -0.2) is 4.79 Å². The minimum absolute atomic E-state index is 0.545. The molecular weight excluding hydrogens is 212 g/mol.